The molecule has 1 unspecified atom stereocenters. The molecule has 1 aliphatic rings. The van der Waals surface area contributed by atoms with Crippen LogP contribution in [0.2, 0.25) is 0 Å². The van der Waals surface area contributed by atoms with Crippen LogP contribution in [0.15, 0.2) is 59.6 Å². The van der Waals surface area contributed by atoms with Gasteiger partial charge in [0, 0.05) is 37.8 Å². The summed E-state index contributed by atoms with van der Waals surface area (Å²) < 4.78 is 61.6. The lowest BCUT2D eigenvalue weighted by atomic mass is 9.91. The highest BCUT2D eigenvalue weighted by atomic mass is 32.2. The summed E-state index contributed by atoms with van der Waals surface area (Å²) in [6.45, 7) is 1.55. The second-order valence-electron chi connectivity index (χ2n) is 8.59. The van der Waals surface area contributed by atoms with Gasteiger partial charge in [-0.15, -0.1) is 0 Å². The summed E-state index contributed by atoms with van der Waals surface area (Å²) in [6.07, 6.45) is 1.74. The standard InChI is InChI=1S/C23H21F3N4O4S/c1-22(13-14-10-11-27-19-9-6-16(29(2)3)12-18(14)19)20(31)30(21(32)28-22)15-4-7-17(8-5-15)35(33,34)23(24,25)26/h4-12H,13H2,1-3H3,(H,28,32). The normalized spacial score (nSPS) is 18.7. The Balaban J connectivity index is 1.66. The summed E-state index contributed by atoms with van der Waals surface area (Å²) in [4.78, 5) is 32.1. The van der Waals surface area contributed by atoms with E-state index in [2.05, 4.69) is 10.3 Å². The summed E-state index contributed by atoms with van der Waals surface area (Å²) in [6, 6.07) is 10.1. The average Bonchev–Trinajstić information content (AvgIpc) is 3.00. The number of nitrogens with zero attached hydrogens (tertiary/aromatic N) is 3. The molecule has 4 rings (SSSR count). The summed E-state index contributed by atoms with van der Waals surface area (Å²) >= 11 is 0. The van der Waals surface area contributed by atoms with Crippen molar-refractivity contribution in [2.45, 2.75) is 29.3 Å². The number of anilines is 2. The number of nitrogens with one attached hydrogen (secondary N) is 1. The zero-order valence-corrected chi connectivity index (χ0v) is 19.7. The Kier molecular flexibility index (Phi) is 5.75. The molecule has 35 heavy (non-hydrogen) atoms. The van der Waals surface area contributed by atoms with E-state index in [0.717, 1.165) is 33.7 Å². The number of rotatable bonds is 5. The smallest absolute Gasteiger partial charge is 0.378 e. The van der Waals surface area contributed by atoms with E-state index in [0.29, 0.717) is 17.6 Å². The number of sulfone groups is 1. The van der Waals surface area contributed by atoms with Gasteiger partial charge in [-0.2, -0.15) is 13.2 Å². The number of carbonyl (C=O) groups is 2. The van der Waals surface area contributed by atoms with E-state index < -0.39 is 37.7 Å². The number of aromatic nitrogens is 1. The topological polar surface area (TPSA) is 99.7 Å². The van der Waals surface area contributed by atoms with Crippen molar-refractivity contribution < 1.29 is 31.2 Å². The molecule has 1 fully saturated rings. The fourth-order valence-electron chi connectivity index (χ4n) is 3.95. The summed E-state index contributed by atoms with van der Waals surface area (Å²) in [5.74, 6) is -0.623. The summed E-state index contributed by atoms with van der Waals surface area (Å²) in [5.41, 5.74) is -4.46. The predicted octanol–water partition coefficient (Wildman–Crippen LogP) is 3.65. The third-order valence-electron chi connectivity index (χ3n) is 5.85. The molecular weight excluding hydrogens is 485 g/mol. The lowest BCUT2D eigenvalue weighted by Crippen LogP contribution is -2.46. The summed E-state index contributed by atoms with van der Waals surface area (Å²) in [7, 11) is -1.77. The fourth-order valence-corrected chi connectivity index (χ4v) is 4.71. The Morgan fingerprint density at radius 3 is 2.31 bits per heavy atom. The number of carbonyl (C=O) groups excluding carboxylic acids is 2. The number of hydrogen-bond acceptors (Lipinski definition) is 6. The van der Waals surface area contributed by atoms with Crippen molar-refractivity contribution in [2.24, 2.45) is 0 Å². The molecule has 1 aromatic heterocycles. The molecule has 1 atom stereocenters. The van der Waals surface area contributed by atoms with Crippen LogP contribution in [0, 0.1) is 0 Å². The molecule has 0 saturated carbocycles. The van der Waals surface area contributed by atoms with Crippen molar-refractivity contribution in [2.75, 3.05) is 23.9 Å². The quantitative estimate of drug-likeness (QED) is 0.531. The number of pyridine rings is 1. The number of halogens is 3. The van der Waals surface area contributed by atoms with Gasteiger partial charge in [0.1, 0.15) is 5.54 Å². The molecule has 1 aliphatic heterocycles. The maximum Gasteiger partial charge on any atom is 0.501 e. The molecule has 8 nitrogen and oxygen atoms in total. The van der Waals surface area contributed by atoms with Gasteiger partial charge in [0.05, 0.1) is 16.1 Å². The molecule has 1 saturated heterocycles. The Bertz CT molecular complexity index is 1440. The molecule has 2 heterocycles. The van der Waals surface area contributed by atoms with Gasteiger partial charge >= 0.3 is 11.5 Å². The van der Waals surface area contributed by atoms with Gasteiger partial charge in [-0.05, 0) is 61.0 Å². The molecule has 1 N–H and O–H groups in total. The van der Waals surface area contributed by atoms with Crippen LogP contribution in [0.4, 0.5) is 29.3 Å². The predicted molar refractivity (Wildman–Crippen MR) is 124 cm³/mol. The highest BCUT2D eigenvalue weighted by Crippen LogP contribution is 2.34. The molecule has 184 valence electrons. The molecule has 0 bridgehead atoms. The first-order chi connectivity index (χ1) is 16.2. The molecule has 3 amide bonds. The van der Waals surface area contributed by atoms with E-state index in [1.165, 1.54) is 0 Å². The Hall–Kier alpha value is -3.67. The van der Waals surface area contributed by atoms with Gasteiger partial charge in [0.25, 0.3) is 15.7 Å². The van der Waals surface area contributed by atoms with Crippen molar-refractivity contribution in [1.82, 2.24) is 10.3 Å². The minimum Gasteiger partial charge on any atom is -0.378 e. The Labute approximate surface area is 199 Å². The largest absolute Gasteiger partial charge is 0.501 e. The first-order valence-corrected chi connectivity index (χ1v) is 11.9. The number of alkyl halides is 3. The van der Waals surface area contributed by atoms with Gasteiger partial charge < -0.3 is 10.2 Å². The minimum atomic E-state index is -5.55. The highest BCUT2D eigenvalue weighted by molar-refractivity contribution is 7.92. The summed E-state index contributed by atoms with van der Waals surface area (Å²) in [5, 5.41) is 3.46. The molecule has 3 aromatic rings. The van der Waals surface area contributed by atoms with Gasteiger partial charge in [0.15, 0.2) is 0 Å². The van der Waals surface area contributed by atoms with Gasteiger partial charge in [-0.25, -0.2) is 18.1 Å². The molecule has 12 heteroatoms. The van der Waals surface area contributed by atoms with Crippen molar-refractivity contribution in [3.05, 3.63) is 60.3 Å². The number of urea groups is 1. The van der Waals surface area contributed by atoms with E-state index in [-0.39, 0.29) is 12.1 Å². The van der Waals surface area contributed by atoms with Crippen molar-refractivity contribution in [3.8, 4) is 0 Å². The molecule has 0 spiro atoms. The number of fused-ring (bicyclic) bond motifs is 1. The number of benzene rings is 2. The number of amides is 3. The fraction of sp³-hybridized carbons (Fsp3) is 0.261. The molecular formula is C23H21F3N4O4S. The monoisotopic (exact) mass is 506 g/mol. The lowest BCUT2D eigenvalue weighted by molar-refractivity contribution is -0.121. The van der Waals surface area contributed by atoms with Crippen molar-refractivity contribution in [3.63, 3.8) is 0 Å². The van der Waals surface area contributed by atoms with Crippen LogP contribution < -0.4 is 15.1 Å². The van der Waals surface area contributed by atoms with Crippen LogP contribution in [-0.4, -0.2) is 50.5 Å². The van der Waals surface area contributed by atoms with Crippen LogP contribution in [0.3, 0.4) is 0 Å². The van der Waals surface area contributed by atoms with Crippen LogP contribution >= 0.6 is 0 Å². The van der Waals surface area contributed by atoms with Crippen molar-refractivity contribution >= 4 is 44.1 Å². The Morgan fingerprint density at radius 1 is 1.06 bits per heavy atom. The average molecular weight is 507 g/mol. The lowest BCUT2D eigenvalue weighted by Gasteiger charge is -2.23. The Morgan fingerprint density at radius 2 is 1.71 bits per heavy atom. The minimum absolute atomic E-state index is 0.0492. The third kappa shape index (κ3) is 4.18. The zero-order chi connectivity index (χ0) is 25.8. The van der Waals surface area contributed by atoms with Crippen molar-refractivity contribution in [1.29, 1.82) is 0 Å². The first-order valence-electron chi connectivity index (χ1n) is 10.4. The number of imide groups is 1. The van der Waals surface area contributed by atoms with Crippen LogP contribution in [-0.2, 0) is 21.1 Å². The zero-order valence-electron chi connectivity index (χ0n) is 18.9. The third-order valence-corrected chi connectivity index (χ3v) is 7.35. The maximum atomic E-state index is 13.3. The van der Waals surface area contributed by atoms with Gasteiger partial charge in [0.2, 0.25) is 0 Å². The van der Waals surface area contributed by atoms with E-state index >= 15 is 0 Å². The molecule has 0 aliphatic carbocycles. The van der Waals surface area contributed by atoms with Gasteiger partial charge in [-0.1, -0.05) is 0 Å². The number of hydrogen-bond donors (Lipinski definition) is 1. The van der Waals surface area contributed by atoms with Gasteiger partial charge in [-0.3, -0.25) is 9.78 Å². The maximum absolute atomic E-state index is 13.3. The second kappa shape index (κ2) is 8.22. The molecule has 2 aromatic carbocycles. The van der Waals surface area contributed by atoms with E-state index in [1.54, 1.807) is 19.2 Å². The second-order valence-corrected chi connectivity index (χ2v) is 10.5. The van der Waals surface area contributed by atoms with E-state index in [4.69, 9.17) is 0 Å². The molecule has 0 radical (unpaired) electrons. The first kappa shape index (κ1) is 24.5. The van der Waals surface area contributed by atoms with Crippen LogP contribution in [0.1, 0.15) is 12.5 Å². The van der Waals surface area contributed by atoms with Crippen LogP contribution in [0.25, 0.3) is 10.9 Å². The van der Waals surface area contributed by atoms with Crippen LogP contribution in [0.5, 0.6) is 0 Å². The SMILES string of the molecule is CN(C)c1ccc2nccc(CC3(C)NC(=O)N(c4ccc(S(=O)(=O)C(F)(F)F)cc4)C3=O)c2c1. The van der Waals surface area contributed by atoms with E-state index in [1.807, 2.05) is 37.2 Å². The van der Waals surface area contributed by atoms with E-state index in [9.17, 15) is 31.2 Å². The highest BCUT2D eigenvalue weighted by Gasteiger charge is 2.49.